The Morgan fingerprint density at radius 2 is 1.68 bits per heavy atom. The lowest BCUT2D eigenvalue weighted by Crippen LogP contribution is -2.53. The van der Waals surface area contributed by atoms with E-state index in [-0.39, 0.29) is 24.9 Å². The Labute approximate surface area is 223 Å². The van der Waals surface area contributed by atoms with Crippen molar-refractivity contribution < 1.29 is 24.2 Å². The minimum Gasteiger partial charge on any atom is -0.493 e. The van der Waals surface area contributed by atoms with Crippen molar-refractivity contribution in [2.75, 3.05) is 7.11 Å². The molecule has 198 valence electrons. The van der Waals surface area contributed by atoms with Gasteiger partial charge in [-0.3, -0.25) is 10.1 Å². The zero-order chi connectivity index (χ0) is 26.5. The Hall–Kier alpha value is -3.84. The van der Waals surface area contributed by atoms with Crippen molar-refractivity contribution in [1.29, 1.82) is 0 Å². The summed E-state index contributed by atoms with van der Waals surface area (Å²) in [5, 5.41) is 13.8. The molecule has 1 amide bonds. The average molecular weight is 515 g/mol. The first-order chi connectivity index (χ1) is 18.5. The number of hydrogen-bond donors (Lipinski definition) is 2. The lowest BCUT2D eigenvalue weighted by atomic mass is 9.91. The van der Waals surface area contributed by atoms with Gasteiger partial charge in [0, 0.05) is 24.6 Å². The topological polar surface area (TPSA) is 88.1 Å². The molecule has 0 saturated heterocycles. The molecule has 1 aliphatic carbocycles. The van der Waals surface area contributed by atoms with Gasteiger partial charge in [0.2, 0.25) is 5.91 Å². The standard InChI is InChI=1S/C31H34N2O5/c1-37-27-17-16-23-19-33(30(34)28(22-12-6-3-7-13-22)32-24-14-8-9-15-24)26(31(35)36)18-25(23)29(27)38-20-21-10-4-2-5-11-21/h2-7,10-13,16-17,24,26,28,32H,8-9,14-15,18-20H2,1H3,(H,35,36)/t26-,28-/m0/s1. The quantitative estimate of drug-likeness (QED) is 0.423. The molecule has 2 atom stereocenters. The van der Waals surface area contributed by atoms with E-state index in [1.807, 2.05) is 72.8 Å². The lowest BCUT2D eigenvalue weighted by Gasteiger charge is -2.38. The van der Waals surface area contributed by atoms with Gasteiger partial charge in [0.1, 0.15) is 18.7 Å². The Kier molecular flexibility index (Phi) is 7.94. The highest BCUT2D eigenvalue weighted by Crippen LogP contribution is 2.39. The fourth-order valence-corrected chi connectivity index (χ4v) is 5.57. The van der Waals surface area contributed by atoms with Crippen LogP contribution in [0.3, 0.4) is 0 Å². The molecule has 0 spiro atoms. The fraction of sp³-hybridized carbons (Fsp3) is 0.355. The molecule has 3 aromatic carbocycles. The second kappa shape index (κ2) is 11.7. The predicted octanol–water partition coefficient (Wildman–Crippen LogP) is 4.89. The van der Waals surface area contributed by atoms with Crippen molar-refractivity contribution in [2.24, 2.45) is 0 Å². The van der Waals surface area contributed by atoms with Gasteiger partial charge in [-0.2, -0.15) is 0 Å². The van der Waals surface area contributed by atoms with Crippen LogP contribution in [0.25, 0.3) is 0 Å². The number of benzene rings is 3. The lowest BCUT2D eigenvalue weighted by molar-refractivity contribution is -0.152. The molecular formula is C31H34N2O5. The highest BCUT2D eigenvalue weighted by Gasteiger charge is 2.40. The third-order valence-corrected chi connectivity index (χ3v) is 7.59. The first-order valence-electron chi connectivity index (χ1n) is 13.2. The smallest absolute Gasteiger partial charge is 0.326 e. The number of amides is 1. The number of carbonyl (C=O) groups is 2. The van der Waals surface area contributed by atoms with Crippen LogP contribution >= 0.6 is 0 Å². The number of carbonyl (C=O) groups excluding carboxylic acids is 1. The maximum Gasteiger partial charge on any atom is 0.326 e. The number of carboxylic acid groups (broad SMARTS) is 1. The van der Waals surface area contributed by atoms with Crippen molar-refractivity contribution in [3.05, 3.63) is 95.1 Å². The Morgan fingerprint density at radius 1 is 1.00 bits per heavy atom. The fourth-order valence-electron chi connectivity index (χ4n) is 5.57. The zero-order valence-corrected chi connectivity index (χ0v) is 21.6. The van der Waals surface area contributed by atoms with Gasteiger partial charge >= 0.3 is 5.97 Å². The van der Waals surface area contributed by atoms with E-state index in [1.54, 1.807) is 7.11 Å². The molecule has 0 radical (unpaired) electrons. The molecule has 2 aliphatic rings. The molecule has 1 heterocycles. The number of nitrogens with one attached hydrogen (secondary N) is 1. The molecule has 5 rings (SSSR count). The van der Waals surface area contributed by atoms with E-state index in [9.17, 15) is 14.7 Å². The number of aliphatic carboxylic acids is 1. The van der Waals surface area contributed by atoms with Gasteiger partial charge in [0.05, 0.1) is 7.11 Å². The summed E-state index contributed by atoms with van der Waals surface area (Å²) in [6.07, 6.45) is 4.45. The molecule has 0 unspecified atom stereocenters. The molecular weight excluding hydrogens is 480 g/mol. The highest BCUT2D eigenvalue weighted by atomic mass is 16.5. The van der Waals surface area contributed by atoms with Crippen LogP contribution in [0.15, 0.2) is 72.8 Å². The van der Waals surface area contributed by atoms with Gasteiger partial charge in [-0.25, -0.2) is 4.79 Å². The molecule has 1 saturated carbocycles. The summed E-state index contributed by atoms with van der Waals surface area (Å²) in [4.78, 5) is 28.1. The molecule has 7 nitrogen and oxygen atoms in total. The summed E-state index contributed by atoms with van der Waals surface area (Å²) in [6, 6.07) is 21.8. The van der Waals surface area contributed by atoms with Crippen molar-refractivity contribution in [1.82, 2.24) is 10.2 Å². The normalized spacial score (nSPS) is 18.0. The van der Waals surface area contributed by atoms with E-state index in [4.69, 9.17) is 9.47 Å². The van der Waals surface area contributed by atoms with Gasteiger partial charge in [-0.1, -0.05) is 79.6 Å². The van der Waals surface area contributed by atoms with E-state index >= 15 is 0 Å². The van der Waals surface area contributed by atoms with Crippen molar-refractivity contribution in [3.8, 4) is 11.5 Å². The van der Waals surface area contributed by atoms with E-state index in [0.717, 1.165) is 47.9 Å². The number of rotatable bonds is 9. The average Bonchev–Trinajstić information content (AvgIpc) is 3.48. The molecule has 2 N–H and O–H groups in total. The van der Waals surface area contributed by atoms with E-state index in [1.165, 1.54) is 4.90 Å². The van der Waals surface area contributed by atoms with Gasteiger partial charge in [0.15, 0.2) is 11.5 Å². The Morgan fingerprint density at radius 3 is 2.34 bits per heavy atom. The second-order valence-electron chi connectivity index (χ2n) is 10.0. The summed E-state index contributed by atoms with van der Waals surface area (Å²) in [5.74, 6) is -0.165. The molecule has 3 aromatic rings. The third kappa shape index (κ3) is 5.53. The van der Waals surface area contributed by atoms with Crippen LogP contribution in [0, 0.1) is 0 Å². The van der Waals surface area contributed by atoms with E-state index < -0.39 is 18.1 Å². The van der Waals surface area contributed by atoms with E-state index in [0.29, 0.717) is 18.1 Å². The van der Waals surface area contributed by atoms with Crippen molar-refractivity contribution in [2.45, 2.75) is 63.4 Å². The van der Waals surface area contributed by atoms with Gasteiger partial charge in [-0.15, -0.1) is 0 Å². The third-order valence-electron chi connectivity index (χ3n) is 7.59. The molecule has 7 heteroatoms. The number of carboxylic acids is 1. The SMILES string of the molecule is COc1ccc2c(c1OCc1ccccc1)C[C@@H](C(=O)O)N(C(=O)[C@@H](NC1CCCC1)c1ccccc1)C2. The maximum absolute atomic E-state index is 14.1. The van der Waals surface area contributed by atoms with Crippen LogP contribution in [0.5, 0.6) is 11.5 Å². The summed E-state index contributed by atoms with van der Waals surface area (Å²) in [5.41, 5.74) is 3.49. The summed E-state index contributed by atoms with van der Waals surface area (Å²) >= 11 is 0. The molecule has 1 fully saturated rings. The van der Waals surface area contributed by atoms with Crippen LogP contribution < -0.4 is 14.8 Å². The first kappa shape index (κ1) is 25.8. The van der Waals surface area contributed by atoms with Gasteiger partial charge in [-0.05, 0) is 35.6 Å². The number of ether oxygens (including phenoxy) is 2. The van der Waals surface area contributed by atoms with Crippen molar-refractivity contribution >= 4 is 11.9 Å². The van der Waals surface area contributed by atoms with Crippen LogP contribution in [0.2, 0.25) is 0 Å². The summed E-state index contributed by atoms with van der Waals surface area (Å²) in [6.45, 7) is 0.516. The summed E-state index contributed by atoms with van der Waals surface area (Å²) < 4.78 is 11.8. The second-order valence-corrected chi connectivity index (χ2v) is 10.0. The number of fused-ring (bicyclic) bond motifs is 1. The summed E-state index contributed by atoms with van der Waals surface area (Å²) in [7, 11) is 1.57. The van der Waals surface area contributed by atoms with Gasteiger partial charge in [0.25, 0.3) is 0 Å². The number of hydrogen-bond acceptors (Lipinski definition) is 5. The minimum absolute atomic E-state index is 0.142. The molecule has 1 aliphatic heterocycles. The number of nitrogens with zero attached hydrogens (tertiary/aromatic N) is 1. The highest BCUT2D eigenvalue weighted by molar-refractivity contribution is 5.89. The zero-order valence-electron chi connectivity index (χ0n) is 21.6. The Bertz CT molecular complexity index is 1260. The van der Waals surface area contributed by atoms with Crippen LogP contribution in [-0.4, -0.2) is 41.1 Å². The molecule has 0 bridgehead atoms. The van der Waals surface area contributed by atoms with Crippen LogP contribution in [0.4, 0.5) is 0 Å². The number of methoxy groups -OCH3 is 1. The molecule has 38 heavy (non-hydrogen) atoms. The van der Waals surface area contributed by atoms with Crippen molar-refractivity contribution in [3.63, 3.8) is 0 Å². The monoisotopic (exact) mass is 514 g/mol. The maximum atomic E-state index is 14.1. The molecule has 0 aromatic heterocycles. The van der Waals surface area contributed by atoms with Crippen LogP contribution in [0.1, 0.15) is 54.0 Å². The largest absolute Gasteiger partial charge is 0.493 e. The Balaban J connectivity index is 1.46. The van der Waals surface area contributed by atoms with Crippen LogP contribution in [-0.2, 0) is 29.2 Å². The first-order valence-corrected chi connectivity index (χ1v) is 13.2. The van der Waals surface area contributed by atoms with Gasteiger partial charge < -0.3 is 19.5 Å². The van der Waals surface area contributed by atoms with E-state index in [2.05, 4.69) is 5.32 Å². The predicted molar refractivity (Wildman–Crippen MR) is 144 cm³/mol. The minimum atomic E-state index is -1.03.